The number of para-hydroxylation sites is 1. The van der Waals surface area contributed by atoms with E-state index in [2.05, 4.69) is 10.6 Å². The van der Waals surface area contributed by atoms with E-state index >= 15 is 0 Å². The zero-order chi connectivity index (χ0) is 17.5. The number of benzene rings is 2. The Bertz CT molecular complexity index is 753. The Morgan fingerprint density at radius 2 is 1.79 bits per heavy atom. The van der Waals surface area contributed by atoms with Crippen molar-refractivity contribution < 1.29 is 14.0 Å². The molecule has 0 unspecified atom stereocenters. The summed E-state index contributed by atoms with van der Waals surface area (Å²) in [6.45, 7) is 0.327. The van der Waals surface area contributed by atoms with Gasteiger partial charge in [0, 0.05) is 16.6 Å². The largest absolute Gasteiger partial charge is 0.355 e. The molecule has 7 heteroatoms. The van der Waals surface area contributed by atoms with Gasteiger partial charge in [0.2, 0.25) is 11.8 Å². The minimum absolute atomic E-state index is 0.0447. The van der Waals surface area contributed by atoms with E-state index in [1.165, 1.54) is 18.2 Å². The van der Waals surface area contributed by atoms with Crippen LogP contribution in [0.25, 0.3) is 0 Å². The first-order chi connectivity index (χ1) is 11.5. The Kier molecular flexibility index (Phi) is 6.58. The monoisotopic (exact) mass is 368 g/mol. The van der Waals surface area contributed by atoms with Crippen molar-refractivity contribution in [2.75, 3.05) is 11.9 Å². The van der Waals surface area contributed by atoms with Crippen molar-refractivity contribution in [3.05, 3.63) is 63.9 Å². The SMILES string of the molecule is O=C(CC(=O)Nc1ccccc1F)NCCc1ccc(Cl)cc1Cl. The third-order valence-electron chi connectivity index (χ3n) is 3.20. The van der Waals surface area contributed by atoms with E-state index in [-0.39, 0.29) is 12.1 Å². The van der Waals surface area contributed by atoms with Gasteiger partial charge in [0.25, 0.3) is 0 Å². The van der Waals surface area contributed by atoms with Crippen molar-refractivity contribution >= 4 is 40.7 Å². The average Bonchev–Trinajstić information content (AvgIpc) is 2.51. The van der Waals surface area contributed by atoms with Crippen molar-refractivity contribution in [2.24, 2.45) is 0 Å². The summed E-state index contributed by atoms with van der Waals surface area (Å²) in [5.74, 6) is -1.58. The Morgan fingerprint density at radius 3 is 2.50 bits per heavy atom. The number of carbonyl (C=O) groups is 2. The summed E-state index contributed by atoms with van der Waals surface area (Å²) in [6, 6.07) is 10.9. The summed E-state index contributed by atoms with van der Waals surface area (Å²) < 4.78 is 13.4. The molecule has 2 N–H and O–H groups in total. The van der Waals surface area contributed by atoms with E-state index in [0.29, 0.717) is 23.0 Å². The minimum atomic E-state index is -0.581. The maximum Gasteiger partial charge on any atom is 0.233 e. The standard InChI is InChI=1S/C17H15Cl2FN2O2/c18-12-6-5-11(13(19)9-12)7-8-21-16(23)10-17(24)22-15-4-2-1-3-14(15)20/h1-6,9H,7-8,10H2,(H,21,23)(H,22,24). The van der Waals surface area contributed by atoms with Gasteiger partial charge in [-0.3, -0.25) is 9.59 Å². The highest BCUT2D eigenvalue weighted by atomic mass is 35.5. The van der Waals surface area contributed by atoms with Crippen molar-refractivity contribution in [3.63, 3.8) is 0 Å². The van der Waals surface area contributed by atoms with Crippen LogP contribution >= 0.6 is 23.2 Å². The lowest BCUT2D eigenvalue weighted by Gasteiger charge is -2.08. The maximum absolute atomic E-state index is 13.4. The number of carbonyl (C=O) groups excluding carboxylic acids is 2. The number of hydrogen-bond acceptors (Lipinski definition) is 2. The molecule has 2 amide bonds. The van der Waals surface area contributed by atoms with Crippen LogP contribution in [0.5, 0.6) is 0 Å². The molecule has 0 aromatic heterocycles. The lowest BCUT2D eigenvalue weighted by molar-refractivity contribution is -0.126. The second-order valence-corrected chi connectivity index (χ2v) is 5.88. The fraction of sp³-hybridized carbons (Fsp3) is 0.176. The molecule has 2 rings (SSSR count). The average molecular weight is 369 g/mol. The van der Waals surface area contributed by atoms with Gasteiger partial charge in [-0.2, -0.15) is 0 Å². The fourth-order valence-corrected chi connectivity index (χ4v) is 2.53. The predicted octanol–water partition coefficient (Wildman–Crippen LogP) is 3.82. The highest BCUT2D eigenvalue weighted by Crippen LogP contribution is 2.21. The molecule has 0 aliphatic rings. The van der Waals surface area contributed by atoms with Crippen LogP contribution in [0, 0.1) is 5.82 Å². The molecule has 2 aromatic carbocycles. The predicted molar refractivity (Wildman–Crippen MR) is 92.8 cm³/mol. The molecule has 126 valence electrons. The molecule has 0 fully saturated rings. The Labute approximate surface area is 149 Å². The third kappa shape index (κ3) is 5.51. The fourth-order valence-electron chi connectivity index (χ4n) is 2.03. The lowest BCUT2D eigenvalue weighted by atomic mass is 10.1. The van der Waals surface area contributed by atoms with Gasteiger partial charge in [0.05, 0.1) is 5.69 Å². The van der Waals surface area contributed by atoms with Crippen LogP contribution < -0.4 is 10.6 Å². The first kappa shape index (κ1) is 18.2. The number of hydrogen-bond donors (Lipinski definition) is 2. The number of nitrogens with one attached hydrogen (secondary N) is 2. The molecule has 0 saturated carbocycles. The molecular weight excluding hydrogens is 354 g/mol. The van der Waals surface area contributed by atoms with E-state index in [1.807, 2.05) is 0 Å². The van der Waals surface area contributed by atoms with Gasteiger partial charge >= 0.3 is 0 Å². The third-order valence-corrected chi connectivity index (χ3v) is 3.79. The quantitative estimate of drug-likeness (QED) is 0.761. The first-order valence-electron chi connectivity index (χ1n) is 7.20. The van der Waals surface area contributed by atoms with Crippen LogP contribution in [-0.4, -0.2) is 18.4 Å². The Morgan fingerprint density at radius 1 is 1.04 bits per heavy atom. The molecule has 0 heterocycles. The van der Waals surface area contributed by atoms with Gasteiger partial charge in [0.15, 0.2) is 0 Å². The van der Waals surface area contributed by atoms with E-state index in [0.717, 1.165) is 5.56 Å². The van der Waals surface area contributed by atoms with Gasteiger partial charge in [0.1, 0.15) is 12.2 Å². The minimum Gasteiger partial charge on any atom is -0.355 e. The maximum atomic E-state index is 13.4. The highest BCUT2D eigenvalue weighted by molar-refractivity contribution is 6.35. The zero-order valence-corrected chi connectivity index (χ0v) is 14.1. The lowest BCUT2D eigenvalue weighted by Crippen LogP contribution is -2.29. The Hall–Kier alpha value is -2.11. The van der Waals surface area contributed by atoms with Crippen LogP contribution in [0.3, 0.4) is 0 Å². The number of amides is 2. The van der Waals surface area contributed by atoms with Crippen LogP contribution in [0.15, 0.2) is 42.5 Å². The van der Waals surface area contributed by atoms with E-state index < -0.39 is 17.6 Å². The van der Waals surface area contributed by atoms with Crippen LogP contribution in [0.1, 0.15) is 12.0 Å². The molecule has 0 bridgehead atoms. The molecule has 4 nitrogen and oxygen atoms in total. The first-order valence-corrected chi connectivity index (χ1v) is 7.96. The summed E-state index contributed by atoms with van der Waals surface area (Å²) in [5.41, 5.74) is 0.889. The second-order valence-electron chi connectivity index (χ2n) is 5.04. The van der Waals surface area contributed by atoms with Crippen molar-refractivity contribution in [1.82, 2.24) is 5.32 Å². The molecule has 24 heavy (non-hydrogen) atoms. The topological polar surface area (TPSA) is 58.2 Å². The highest BCUT2D eigenvalue weighted by Gasteiger charge is 2.11. The summed E-state index contributed by atoms with van der Waals surface area (Å²) >= 11 is 11.8. The molecule has 0 radical (unpaired) electrons. The molecule has 0 aliphatic carbocycles. The van der Waals surface area contributed by atoms with Gasteiger partial charge in [-0.15, -0.1) is 0 Å². The molecular formula is C17H15Cl2FN2O2. The summed E-state index contributed by atoms with van der Waals surface area (Å²) in [6.07, 6.45) is 0.124. The van der Waals surface area contributed by atoms with Crippen molar-refractivity contribution in [2.45, 2.75) is 12.8 Å². The van der Waals surface area contributed by atoms with Gasteiger partial charge in [-0.1, -0.05) is 41.4 Å². The molecule has 0 spiro atoms. The molecule has 0 atom stereocenters. The van der Waals surface area contributed by atoms with E-state index in [1.54, 1.807) is 24.3 Å². The van der Waals surface area contributed by atoms with E-state index in [4.69, 9.17) is 23.2 Å². The van der Waals surface area contributed by atoms with Crippen LogP contribution in [-0.2, 0) is 16.0 Å². The molecule has 0 aliphatic heterocycles. The smallest absolute Gasteiger partial charge is 0.233 e. The Balaban J connectivity index is 1.77. The van der Waals surface area contributed by atoms with Crippen molar-refractivity contribution in [3.8, 4) is 0 Å². The summed E-state index contributed by atoms with van der Waals surface area (Å²) in [7, 11) is 0. The number of halogens is 3. The van der Waals surface area contributed by atoms with Crippen molar-refractivity contribution in [1.29, 1.82) is 0 Å². The summed E-state index contributed by atoms with van der Waals surface area (Å²) in [5, 5.41) is 6.03. The molecule has 0 saturated heterocycles. The van der Waals surface area contributed by atoms with Crippen LogP contribution in [0.2, 0.25) is 10.0 Å². The van der Waals surface area contributed by atoms with Gasteiger partial charge in [-0.25, -0.2) is 4.39 Å². The van der Waals surface area contributed by atoms with Crippen LogP contribution in [0.4, 0.5) is 10.1 Å². The van der Waals surface area contributed by atoms with E-state index in [9.17, 15) is 14.0 Å². The summed E-state index contributed by atoms with van der Waals surface area (Å²) in [4.78, 5) is 23.5. The van der Waals surface area contributed by atoms with Gasteiger partial charge < -0.3 is 10.6 Å². The molecule has 2 aromatic rings. The second kappa shape index (κ2) is 8.66. The zero-order valence-electron chi connectivity index (χ0n) is 12.6. The number of anilines is 1. The van der Waals surface area contributed by atoms with Gasteiger partial charge in [-0.05, 0) is 36.2 Å². The number of rotatable bonds is 6. The normalized spacial score (nSPS) is 10.3.